The molecule has 1 aromatic rings. The van der Waals surface area contributed by atoms with Crippen molar-refractivity contribution < 1.29 is 19.0 Å². The lowest BCUT2D eigenvalue weighted by molar-refractivity contribution is -0.129. The first-order valence-corrected chi connectivity index (χ1v) is 8.70. The first-order valence-electron chi connectivity index (χ1n) is 8.70. The highest BCUT2D eigenvalue weighted by Crippen LogP contribution is 2.24. The summed E-state index contributed by atoms with van der Waals surface area (Å²) in [6.07, 6.45) is 2.82. The number of hydrogen-bond donors (Lipinski definition) is 2. The van der Waals surface area contributed by atoms with Crippen molar-refractivity contribution in [3.63, 3.8) is 0 Å². The number of ether oxygens (including phenoxy) is 1. The normalized spacial score (nSPS) is 22.4. The first kappa shape index (κ1) is 17.2. The Labute approximate surface area is 141 Å². The molecule has 0 aromatic heterocycles. The van der Waals surface area contributed by atoms with Crippen LogP contribution in [0.15, 0.2) is 18.2 Å². The monoisotopic (exact) mass is 336 g/mol. The summed E-state index contributed by atoms with van der Waals surface area (Å²) in [7, 11) is 0. The van der Waals surface area contributed by atoms with Crippen LogP contribution >= 0.6 is 0 Å². The number of anilines is 1. The molecular formula is C18H25FN2O3. The maximum Gasteiger partial charge on any atom is 0.225 e. The number of aliphatic hydroxyl groups is 1. The van der Waals surface area contributed by atoms with Crippen molar-refractivity contribution >= 4 is 11.6 Å². The van der Waals surface area contributed by atoms with Crippen molar-refractivity contribution in [3.8, 4) is 0 Å². The van der Waals surface area contributed by atoms with E-state index < -0.39 is 0 Å². The molecule has 1 aromatic carbocycles. The Morgan fingerprint density at radius 1 is 1.33 bits per heavy atom. The van der Waals surface area contributed by atoms with Crippen molar-refractivity contribution in [2.45, 2.75) is 38.3 Å². The highest BCUT2D eigenvalue weighted by Gasteiger charge is 2.22. The molecule has 0 aliphatic carbocycles. The van der Waals surface area contributed by atoms with Crippen molar-refractivity contribution in [1.82, 2.24) is 5.32 Å². The van der Waals surface area contributed by atoms with Crippen molar-refractivity contribution in [3.05, 3.63) is 29.6 Å². The van der Waals surface area contributed by atoms with Gasteiger partial charge >= 0.3 is 0 Å². The van der Waals surface area contributed by atoms with E-state index in [9.17, 15) is 14.3 Å². The van der Waals surface area contributed by atoms with Gasteiger partial charge in [-0.3, -0.25) is 4.79 Å². The van der Waals surface area contributed by atoms with Gasteiger partial charge in [0.25, 0.3) is 0 Å². The minimum absolute atomic E-state index is 0.0239. The number of benzene rings is 1. The van der Waals surface area contributed by atoms with Crippen molar-refractivity contribution in [2.75, 3.05) is 31.2 Å². The Morgan fingerprint density at radius 2 is 2.12 bits per heavy atom. The van der Waals surface area contributed by atoms with Crippen molar-refractivity contribution in [2.24, 2.45) is 5.92 Å². The van der Waals surface area contributed by atoms with Crippen LogP contribution in [0.4, 0.5) is 10.1 Å². The molecule has 2 fully saturated rings. The molecule has 2 N–H and O–H groups in total. The molecule has 2 aliphatic rings. The second kappa shape index (κ2) is 7.94. The highest BCUT2D eigenvalue weighted by molar-refractivity contribution is 5.78. The molecule has 5 nitrogen and oxygen atoms in total. The molecule has 1 unspecified atom stereocenters. The van der Waals surface area contributed by atoms with Crippen LogP contribution in [0.2, 0.25) is 0 Å². The lowest BCUT2D eigenvalue weighted by atomic mass is 10.0. The Balaban J connectivity index is 1.55. The second-order valence-corrected chi connectivity index (χ2v) is 6.64. The summed E-state index contributed by atoms with van der Waals surface area (Å²) in [5.41, 5.74) is 1.32. The number of nitrogens with one attached hydrogen (secondary N) is 1. The first-order chi connectivity index (χ1) is 11.6. The van der Waals surface area contributed by atoms with Gasteiger partial charge in [0.05, 0.1) is 24.3 Å². The van der Waals surface area contributed by atoms with Crippen LogP contribution in [-0.4, -0.2) is 43.4 Å². The van der Waals surface area contributed by atoms with E-state index in [2.05, 4.69) is 5.32 Å². The quantitative estimate of drug-likeness (QED) is 0.881. The minimum Gasteiger partial charge on any atom is -0.393 e. The van der Waals surface area contributed by atoms with Gasteiger partial charge in [0, 0.05) is 26.2 Å². The van der Waals surface area contributed by atoms with Crippen LogP contribution in [0, 0.1) is 11.7 Å². The molecule has 24 heavy (non-hydrogen) atoms. The predicted molar refractivity (Wildman–Crippen MR) is 89.2 cm³/mol. The van der Waals surface area contributed by atoms with Crippen LogP contribution in [-0.2, 0) is 16.1 Å². The van der Waals surface area contributed by atoms with E-state index >= 15 is 0 Å². The molecule has 0 spiro atoms. The summed E-state index contributed by atoms with van der Waals surface area (Å²) in [5.74, 6) is -0.397. The minimum atomic E-state index is -0.279. The second-order valence-electron chi connectivity index (χ2n) is 6.64. The fraction of sp³-hybridized carbons (Fsp3) is 0.611. The number of carbonyl (C=O) groups excluding carboxylic acids is 1. The fourth-order valence-electron chi connectivity index (χ4n) is 3.30. The average molecular weight is 336 g/mol. The summed E-state index contributed by atoms with van der Waals surface area (Å²) in [4.78, 5) is 14.0. The van der Waals surface area contributed by atoms with Gasteiger partial charge in [-0.2, -0.15) is 0 Å². The molecule has 0 saturated carbocycles. The maximum atomic E-state index is 14.4. The van der Waals surface area contributed by atoms with E-state index in [0.717, 1.165) is 25.0 Å². The molecule has 0 bridgehead atoms. The molecule has 2 saturated heterocycles. The van der Waals surface area contributed by atoms with Crippen LogP contribution in [0.1, 0.15) is 31.2 Å². The zero-order valence-corrected chi connectivity index (χ0v) is 13.8. The van der Waals surface area contributed by atoms with Crippen LogP contribution < -0.4 is 10.2 Å². The molecular weight excluding hydrogens is 311 g/mol. The van der Waals surface area contributed by atoms with Gasteiger partial charge in [-0.15, -0.1) is 0 Å². The molecule has 132 valence electrons. The van der Waals surface area contributed by atoms with Gasteiger partial charge in [-0.05, 0) is 43.4 Å². The number of halogens is 1. The third-order valence-corrected chi connectivity index (χ3v) is 4.82. The summed E-state index contributed by atoms with van der Waals surface area (Å²) in [6.45, 7) is 2.85. The van der Waals surface area contributed by atoms with Gasteiger partial charge in [-0.1, -0.05) is 6.07 Å². The Bertz CT molecular complexity index is 567. The molecule has 1 amide bonds. The summed E-state index contributed by atoms with van der Waals surface area (Å²) >= 11 is 0. The SMILES string of the molecule is O=C(NCc1ccc(N2CCC(O)CC2)c(F)c1)C1CCCOC1. The van der Waals surface area contributed by atoms with Gasteiger partial charge in [0.15, 0.2) is 0 Å². The van der Waals surface area contributed by atoms with Gasteiger partial charge in [0.2, 0.25) is 5.91 Å². The highest BCUT2D eigenvalue weighted by atomic mass is 19.1. The molecule has 3 rings (SSSR count). The Kier molecular flexibility index (Phi) is 5.68. The summed E-state index contributed by atoms with van der Waals surface area (Å²) < 4.78 is 19.7. The Morgan fingerprint density at radius 3 is 2.79 bits per heavy atom. The van der Waals surface area contributed by atoms with Gasteiger partial charge < -0.3 is 20.1 Å². The van der Waals surface area contributed by atoms with E-state index in [4.69, 9.17) is 4.74 Å². The Hall–Kier alpha value is -1.66. The number of rotatable bonds is 4. The zero-order chi connectivity index (χ0) is 16.9. The van der Waals surface area contributed by atoms with E-state index in [-0.39, 0.29) is 23.7 Å². The third kappa shape index (κ3) is 4.24. The maximum absolute atomic E-state index is 14.4. The smallest absolute Gasteiger partial charge is 0.225 e. The van der Waals surface area contributed by atoms with Gasteiger partial charge in [0.1, 0.15) is 5.82 Å². The molecule has 2 heterocycles. The topological polar surface area (TPSA) is 61.8 Å². The number of aliphatic hydroxyl groups excluding tert-OH is 1. The molecule has 2 aliphatic heterocycles. The predicted octanol–water partition coefficient (Wildman–Crippen LogP) is 1.83. The van der Waals surface area contributed by atoms with Crippen LogP contribution in [0.5, 0.6) is 0 Å². The summed E-state index contributed by atoms with van der Waals surface area (Å²) in [5, 5.41) is 12.4. The standard InChI is InChI=1S/C18H25FN2O3/c19-16-10-13(11-20-18(23)14-2-1-9-24-12-14)3-4-17(16)21-7-5-15(22)6-8-21/h3-4,10,14-15,22H,1-2,5-9,11-12H2,(H,20,23). The van der Waals surface area contributed by atoms with Crippen LogP contribution in [0.25, 0.3) is 0 Å². The molecule has 0 radical (unpaired) electrons. The van der Waals surface area contributed by atoms with E-state index in [0.29, 0.717) is 44.8 Å². The number of piperidine rings is 1. The van der Waals surface area contributed by atoms with Crippen molar-refractivity contribution in [1.29, 1.82) is 0 Å². The number of hydrogen-bond acceptors (Lipinski definition) is 4. The number of carbonyl (C=O) groups is 1. The number of nitrogens with zero attached hydrogens (tertiary/aromatic N) is 1. The molecule has 1 atom stereocenters. The lowest BCUT2D eigenvalue weighted by Crippen LogP contribution is -2.36. The van der Waals surface area contributed by atoms with Gasteiger partial charge in [-0.25, -0.2) is 4.39 Å². The lowest BCUT2D eigenvalue weighted by Gasteiger charge is -2.31. The van der Waals surface area contributed by atoms with E-state index in [1.165, 1.54) is 6.07 Å². The fourth-order valence-corrected chi connectivity index (χ4v) is 3.30. The van der Waals surface area contributed by atoms with E-state index in [1.807, 2.05) is 11.0 Å². The largest absolute Gasteiger partial charge is 0.393 e. The van der Waals surface area contributed by atoms with Crippen LogP contribution in [0.3, 0.4) is 0 Å². The third-order valence-electron chi connectivity index (χ3n) is 4.82. The summed E-state index contributed by atoms with van der Waals surface area (Å²) in [6, 6.07) is 5.09. The molecule has 6 heteroatoms. The number of amides is 1. The van der Waals surface area contributed by atoms with E-state index in [1.54, 1.807) is 6.07 Å². The zero-order valence-electron chi connectivity index (χ0n) is 13.8. The average Bonchev–Trinajstić information content (AvgIpc) is 2.61.